The number of halogens is 2. The van der Waals surface area contributed by atoms with Crippen LogP contribution in [0.25, 0.3) is 0 Å². The van der Waals surface area contributed by atoms with Gasteiger partial charge in [-0.1, -0.05) is 42.8 Å². The molecule has 304 valence electrons. The van der Waals surface area contributed by atoms with Gasteiger partial charge in [0.2, 0.25) is 0 Å². The fraction of sp³-hybridized carbons (Fsp3) is 0.405. The third kappa shape index (κ3) is 12.1. The minimum atomic E-state index is -1.10. The molecule has 17 nitrogen and oxygen atoms in total. The van der Waals surface area contributed by atoms with Crippen molar-refractivity contribution in [3.8, 4) is 0 Å². The second kappa shape index (κ2) is 21.2. The Balaban J connectivity index is 0.000000262. The third-order valence-electron chi connectivity index (χ3n) is 8.22. The van der Waals surface area contributed by atoms with E-state index in [1.165, 1.54) is 12.2 Å². The summed E-state index contributed by atoms with van der Waals surface area (Å²) in [4.78, 5) is 61.7. The van der Waals surface area contributed by atoms with Gasteiger partial charge >= 0.3 is 18.0 Å². The Morgan fingerprint density at radius 2 is 1.27 bits per heavy atom. The molecule has 4 heterocycles. The van der Waals surface area contributed by atoms with Gasteiger partial charge in [-0.25, -0.2) is 24.9 Å². The van der Waals surface area contributed by atoms with E-state index in [0.717, 1.165) is 17.0 Å². The second-order valence-electron chi connectivity index (χ2n) is 13.0. The number of H-pyrrole nitrogens is 2. The van der Waals surface area contributed by atoms with E-state index in [9.17, 15) is 19.2 Å². The van der Waals surface area contributed by atoms with E-state index in [-0.39, 0.29) is 55.9 Å². The minimum absolute atomic E-state index is 0. The Hall–Kier alpha value is -5.20. The maximum absolute atomic E-state index is 12.7. The lowest BCUT2D eigenvalue weighted by Gasteiger charge is -2.28. The number of carbonyl (C=O) groups excluding carboxylic acids is 3. The van der Waals surface area contributed by atoms with Crippen LogP contribution in [0, 0.1) is 0 Å². The van der Waals surface area contributed by atoms with Crippen LogP contribution >= 0.6 is 23.2 Å². The minimum Gasteiger partial charge on any atom is -0.476 e. The number of carboxylic acids is 1. The van der Waals surface area contributed by atoms with Crippen LogP contribution in [-0.4, -0.2) is 104 Å². The van der Waals surface area contributed by atoms with Crippen LogP contribution in [0.4, 0.5) is 21.0 Å². The van der Waals surface area contributed by atoms with Crippen molar-refractivity contribution < 1.29 is 34.0 Å². The number of aromatic nitrogens is 4. The zero-order chi connectivity index (χ0) is 40.2. The van der Waals surface area contributed by atoms with Crippen LogP contribution < -0.4 is 16.1 Å². The highest BCUT2D eigenvalue weighted by molar-refractivity contribution is 6.31. The number of nitrogens with zero attached hydrogens (tertiary/aromatic N) is 5. The predicted octanol–water partition coefficient (Wildman–Crippen LogP) is 6.60. The quantitative estimate of drug-likeness (QED) is 0.105. The van der Waals surface area contributed by atoms with Gasteiger partial charge in [0.05, 0.1) is 33.4 Å². The lowest BCUT2D eigenvalue weighted by Crippen LogP contribution is -2.40. The Kier molecular flexibility index (Phi) is 17.1. The number of hydrogen-bond acceptors (Lipinski definition) is 9. The largest absolute Gasteiger partial charge is 0.476 e. The van der Waals surface area contributed by atoms with Crippen LogP contribution in [0.5, 0.6) is 0 Å². The van der Waals surface area contributed by atoms with E-state index in [4.69, 9.17) is 33.1 Å². The SMILES string of the molecule is C.CON(C(=O)c1n[nH]c2c1CN(C(=O)Nc1cccc(Cl)c1)CC2)C(C)C.CONC(C)C.O=C(O)c1n[nH]c2c1CN(C(=O)Nc1cccc(Cl)c1)CC2. The first kappa shape index (κ1) is 45.2. The first-order chi connectivity index (χ1) is 26.2. The van der Waals surface area contributed by atoms with E-state index >= 15 is 0 Å². The van der Waals surface area contributed by atoms with Gasteiger partial charge in [-0.15, -0.1) is 0 Å². The van der Waals surface area contributed by atoms with Gasteiger partial charge in [0, 0.05) is 75.9 Å². The van der Waals surface area contributed by atoms with Crippen LogP contribution in [0.15, 0.2) is 48.5 Å². The average Bonchev–Trinajstić information content (AvgIpc) is 3.76. The van der Waals surface area contributed by atoms with Gasteiger partial charge in [-0.2, -0.15) is 10.2 Å². The fourth-order valence-electron chi connectivity index (χ4n) is 5.70. The van der Waals surface area contributed by atoms with Crippen LogP contribution in [0.2, 0.25) is 10.0 Å². The first-order valence-electron chi connectivity index (χ1n) is 17.4. The number of carbonyl (C=O) groups is 4. The van der Waals surface area contributed by atoms with Crippen molar-refractivity contribution in [3.05, 3.63) is 92.5 Å². The highest BCUT2D eigenvalue weighted by Gasteiger charge is 2.31. The lowest BCUT2D eigenvalue weighted by molar-refractivity contribution is -0.115. The molecule has 0 unspecified atom stereocenters. The van der Waals surface area contributed by atoms with Crippen LogP contribution in [-0.2, 0) is 35.6 Å². The number of aromatic carboxylic acids is 1. The molecule has 0 aliphatic carbocycles. The molecule has 0 fully saturated rings. The summed E-state index contributed by atoms with van der Waals surface area (Å²) < 4.78 is 0. The molecule has 0 bridgehead atoms. The monoisotopic (exact) mass is 816 g/mol. The molecule has 2 aromatic heterocycles. The molecule has 2 aromatic carbocycles. The number of benzene rings is 2. The molecule has 0 saturated carbocycles. The van der Waals surface area contributed by atoms with Gasteiger partial charge in [0.25, 0.3) is 5.91 Å². The molecule has 0 saturated heterocycles. The van der Waals surface area contributed by atoms with Crippen molar-refractivity contribution in [1.29, 1.82) is 0 Å². The Bertz CT molecular complexity index is 1950. The van der Waals surface area contributed by atoms with E-state index in [1.807, 2.05) is 27.7 Å². The van der Waals surface area contributed by atoms with Gasteiger partial charge in [0.1, 0.15) is 0 Å². The first-order valence-corrected chi connectivity index (χ1v) is 18.1. The number of anilines is 2. The molecule has 4 aromatic rings. The topological polar surface area (TPSA) is 210 Å². The zero-order valence-corrected chi connectivity index (χ0v) is 32.9. The fourth-order valence-corrected chi connectivity index (χ4v) is 6.08. The van der Waals surface area contributed by atoms with Crippen molar-refractivity contribution in [3.63, 3.8) is 0 Å². The molecule has 56 heavy (non-hydrogen) atoms. The van der Waals surface area contributed by atoms with E-state index in [0.29, 0.717) is 59.0 Å². The smallest absolute Gasteiger partial charge is 0.356 e. The normalized spacial score (nSPS) is 12.9. The highest BCUT2D eigenvalue weighted by atomic mass is 35.5. The molecule has 2 aliphatic rings. The highest BCUT2D eigenvalue weighted by Crippen LogP contribution is 2.25. The Labute approximate surface area is 335 Å². The van der Waals surface area contributed by atoms with Crippen molar-refractivity contribution >= 4 is 58.5 Å². The molecule has 0 radical (unpaired) electrons. The van der Waals surface area contributed by atoms with Crippen LogP contribution in [0.1, 0.15) is 78.6 Å². The summed E-state index contributed by atoms with van der Waals surface area (Å²) in [6.45, 7) is 9.24. The van der Waals surface area contributed by atoms with E-state index in [2.05, 4.69) is 41.3 Å². The Morgan fingerprint density at radius 3 is 1.64 bits per heavy atom. The lowest BCUT2D eigenvalue weighted by atomic mass is 10.0. The number of fused-ring (bicyclic) bond motifs is 2. The van der Waals surface area contributed by atoms with E-state index in [1.54, 1.807) is 65.4 Å². The molecular formula is C37H50Cl2N10O7. The summed E-state index contributed by atoms with van der Waals surface area (Å²) in [6, 6.07) is 13.5. The van der Waals surface area contributed by atoms with Gasteiger partial charge in [-0.3, -0.25) is 19.8 Å². The number of urea groups is 2. The summed E-state index contributed by atoms with van der Waals surface area (Å²) in [5.74, 6) is -1.43. The number of amides is 5. The molecule has 0 atom stereocenters. The van der Waals surface area contributed by atoms with E-state index < -0.39 is 5.97 Å². The number of carboxylic acid groups (broad SMARTS) is 1. The second-order valence-corrected chi connectivity index (χ2v) is 13.8. The molecule has 6 rings (SSSR count). The molecular weight excluding hydrogens is 767 g/mol. The third-order valence-corrected chi connectivity index (χ3v) is 8.69. The summed E-state index contributed by atoms with van der Waals surface area (Å²) >= 11 is 11.8. The van der Waals surface area contributed by atoms with Crippen LogP contribution in [0.3, 0.4) is 0 Å². The molecule has 0 spiro atoms. The summed E-state index contributed by atoms with van der Waals surface area (Å²) in [6.07, 6.45) is 1.13. The Morgan fingerprint density at radius 1 is 0.804 bits per heavy atom. The molecule has 5 amide bonds. The number of aromatic amines is 2. The number of hydrogen-bond donors (Lipinski definition) is 6. The zero-order valence-electron chi connectivity index (χ0n) is 31.4. The van der Waals surface area contributed by atoms with Gasteiger partial charge < -0.3 is 30.4 Å². The summed E-state index contributed by atoms with van der Waals surface area (Å²) in [7, 11) is 3.06. The maximum atomic E-state index is 12.7. The maximum Gasteiger partial charge on any atom is 0.356 e. The average molecular weight is 818 g/mol. The van der Waals surface area contributed by atoms with Gasteiger partial charge in [-0.05, 0) is 64.1 Å². The predicted molar refractivity (Wildman–Crippen MR) is 214 cm³/mol. The summed E-state index contributed by atoms with van der Waals surface area (Å²) in [5.41, 5.74) is 7.07. The number of hydroxylamine groups is 3. The molecule has 19 heteroatoms. The van der Waals surface area contributed by atoms with Crippen molar-refractivity contribution in [2.24, 2.45) is 0 Å². The number of rotatable bonds is 8. The standard InChI is InChI=1S/C18H22ClN5O3.C14H13ClN4O3.C4H11NO.CH4/c1-11(2)24(27-3)17(25)16-14-10-23(8-7-15(14)21-22-16)18(26)20-13-6-4-5-12(19)9-13;15-8-2-1-3-9(6-8)16-14(22)19-5-4-11-10(7-19)12(13(20)21)18-17-11;1-4(2)5-6-3;/h4-6,9,11H,7-8,10H2,1-3H3,(H,20,26)(H,21,22);1-3,6H,4-5,7H2,(H,16,22)(H,17,18)(H,20,21);4-5H,1-3H3;1H4. The molecule has 6 N–H and O–H groups in total. The van der Waals surface area contributed by atoms with Crippen molar-refractivity contribution in [1.82, 2.24) is 40.7 Å². The number of nitrogens with one attached hydrogen (secondary N) is 5. The molecule has 2 aliphatic heterocycles. The van der Waals surface area contributed by atoms with Crippen molar-refractivity contribution in [2.45, 2.75) is 73.1 Å². The summed E-state index contributed by atoms with van der Waals surface area (Å²) in [5, 5.41) is 30.6. The van der Waals surface area contributed by atoms with Gasteiger partial charge in [0.15, 0.2) is 11.4 Å². The van der Waals surface area contributed by atoms with Crippen molar-refractivity contribution in [2.75, 3.05) is 37.9 Å².